The van der Waals surface area contributed by atoms with E-state index in [1.807, 2.05) is 55.5 Å². The van der Waals surface area contributed by atoms with Crippen molar-refractivity contribution in [2.75, 3.05) is 12.0 Å². The number of allylic oxidation sites excluding steroid dienone is 1. The van der Waals surface area contributed by atoms with Crippen molar-refractivity contribution in [3.63, 3.8) is 0 Å². The molecule has 1 heterocycles. The first kappa shape index (κ1) is 17.3. The molecule has 0 N–H and O–H groups in total. The minimum Gasteiger partial charge on any atom is -0.497 e. The first-order valence-electron chi connectivity index (χ1n) is 8.05. The van der Waals surface area contributed by atoms with Crippen molar-refractivity contribution in [2.24, 2.45) is 0 Å². The monoisotopic (exact) mass is 353 g/mol. The third-order valence-corrected chi connectivity index (χ3v) is 5.26. The molecule has 4 nitrogen and oxygen atoms in total. The molecule has 1 aliphatic heterocycles. The fourth-order valence-electron chi connectivity index (χ4n) is 2.69. The molecule has 1 aliphatic rings. The summed E-state index contributed by atoms with van der Waals surface area (Å²) in [5.41, 5.74) is 3.41. The number of amides is 2. The van der Waals surface area contributed by atoms with E-state index in [0.717, 1.165) is 29.3 Å². The highest BCUT2D eigenvalue weighted by molar-refractivity contribution is 8.19. The van der Waals surface area contributed by atoms with Crippen LogP contribution in [0.3, 0.4) is 0 Å². The predicted molar refractivity (Wildman–Crippen MR) is 102 cm³/mol. The fraction of sp³-hybridized carbons (Fsp3) is 0.200. The molecule has 2 aromatic carbocycles. The number of anilines is 1. The summed E-state index contributed by atoms with van der Waals surface area (Å²) in [6.07, 6.45) is 0.914. The van der Waals surface area contributed by atoms with E-state index in [1.54, 1.807) is 7.11 Å². The molecule has 0 aliphatic carbocycles. The maximum atomic E-state index is 12.8. The van der Waals surface area contributed by atoms with Crippen LogP contribution in [0.4, 0.5) is 10.5 Å². The Balaban J connectivity index is 1.96. The molecule has 1 fully saturated rings. The molecule has 128 valence electrons. The number of benzene rings is 2. The Morgan fingerprint density at radius 2 is 1.84 bits per heavy atom. The number of hydrogen-bond acceptors (Lipinski definition) is 4. The Bertz CT molecular complexity index is 855. The first-order valence-corrected chi connectivity index (χ1v) is 8.87. The van der Waals surface area contributed by atoms with Crippen LogP contribution < -0.4 is 9.64 Å². The lowest BCUT2D eigenvalue weighted by Gasteiger charge is -2.13. The summed E-state index contributed by atoms with van der Waals surface area (Å²) >= 11 is 0.979. The quantitative estimate of drug-likeness (QED) is 0.734. The lowest BCUT2D eigenvalue weighted by atomic mass is 10.1. The topological polar surface area (TPSA) is 46.6 Å². The minimum absolute atomic E-state index is 0.272. The van der Waals surface area contributed by atoms with Crippen molar-refractivity contribution in [3.8, 4) is 5.75 Å². The maximum Gasteiger partial charge on any atom is 0.298 e. The third kappa shape index (κ3) is 3.33. The number of nitrogens with zero attached hydrogens (tertiary/aromatic N) is 1. The van der Waals surface area contributed by atoms with Gasteiger partial charge in [-0.1, -0.05) is 31.2 Å². The Morgan fingerprint density at radius 3 is 2.48 bits per heavy atom. The standard InChI is InChI=1S/C20H19NO3S/c1-4-14-8-10-16(11-9-14)21-19(22)18(25-20(21)23)13(2)15-6-5-7-17(12-15)24-3/h5-12H,4H2,1-3H3/b18-13-. The smallest absolute Gasteiger partial charge is 0.298 e. The van der Waals surface area contributed by atoms with Crippen molar-refractivity contribution in [2.45, 2.75) is 20.3 Å². The molecule has 2 aromatic rings. The summed E-state index contributed by atoms with van der Waals surface area (Å²) in [6, 6.07) is 15.0. The zero-order chi connectivity index (χ0) is 18.0. The summed E-state index contributed by atoms with van der Waals surface area (Å²) < 4.78 is 5.24. The van der Waals surface area contributed by atoms with Crippen LogP contribution in [0.15, 0.2) is 53.4 Å². The molecule has 2 amide bonds. The van der Waals surface area contributed by atoms with Gasteiger partial charge in [0.2, 0.25) is 0 Å². The molecule has 0 atom stereocenters. The number of imide groups is 1. The zero-order valence-electron chi connectivity index (χ0n) is 14.4. The highest BCUT2D eigenvalue weighted by atomic mass is 32.2. The van der Waals surface area contributed by atoms with Crippen LogP contribution in [0, 0.1) is 0 Å². The molecular formula is C20H19NO3S. The highest BCUT2D eigenvalue weighted by Gasteiger charge is 2.37. The number of ether oxygens (including phenoxy) is 1. The van der Waals surface area contributed by atoms with Crippen LogP contribution in [0.1, 0.15) is 25.0 Å². The number of aryl methyl sites for hydroxylation is 1. The van der Waals surface area contributed by atoms with Crippen molar-refractivity contribution in [3.05, 3.63) is 64.6 Å². The Kier molecular flexibility index (Phi) is 4.95. The van der Waals surface area contributed by atoms with Crippen molar-refractivity contribution >= 4 is 34.2 Å². The fourth-order valence-corrected chi connectivity index (χ4v) is 3.59. The predicted octanol–water partition coefficient (Wildman–Crippen LogP) is 4.89. The van der Waals surface area contributed by atoms with E-state index in [2.05, 4.69) is 6.92 Å². The van der Waals surface area contributed by atoms with Crippen LogP contribution in [-0.2, 0) is 11.2 Å². The van der Waals surface area contributed by atoms with Crippen LogP contribution in [0.2, 0.25) is 0 Å². The van der Waals surface area contributed by atoms with E-state index in [0.29, 0.717) is 16.3 Å². The van der Waals surface area contributed by atoms with E-state index >= 15 is 0 Å². The molecule has 0 unspecified atom stereocenters. The molecule has 3 rings (SSSR count). The van der Waals surface area contributed by atoms with Gasteiger partial charge in [-0.2, -0.15) is 0 Å². The Morgan fingerprint density at radius 1 is 1.12 bits per heavy atom. The van der Waals surface area contributed by atoms with Gasteiger partial charge in [-0.15, -0.1) is 0 Å². The molecule has 25 heavy (non-hydrogen) atoms. The largest absolute Gasteiger partial charge is 0.497 e. The van der Waals surface area contributed by atoms with Crippen LogP contribution >= 0.6 is 11.8 Å². The molecule has 0 spiro atoms. The molecule has 5 heteroatoms. The summed E-state index contributed by atoms with van der Waals surface area (Å²) in [4.78, 5) is 26.9. The maximum absolute atomic E-state index is 12.8. The lowest BCUT2D eigenvalue weighted by Crippen LogP contribution is -2.27. The van der Waals surface area contributed by atoms with E-state index in [4.69, 9.17) is 4.74 Å². The minimum atomic E-state index is -0.278. The second-order valence-electron chi connectivity index (χ2n) is 5.71. The average Bonchev–Trinajstić information content (AvgIpc) is 2.95. The second kappa shape index (κ2) is 7.15. The summed E-state index contributed by atoms with van der Waals surface area (Å²) in [7, 11) is 1.60. The SMILES string of the molecule is CCc1ccc(N2C(=O)S/C(=C(/C)c3cccc(OC)c3)C2=O)cc1. The van der Waals surface area contributed by atoms with Gasteiger partial charge in [-0.25, -0.2) is 4.90 Å². The van der Waals surface area contributed by atoms with Gasteiger partial charge in [-0.05, 0) is 66.1 Å². The molecule has 1 saturated heterocycles. The number of methoxy groups -OCH3 is 1. The van der Waals surface area contributed by atoms with Gasteiger partial charge in [0.05, 0.1) is 17.7 Å². The Labute approximate surface area is 151 Å². The van der Waals surface area contributed by atoms with Gasteiger partial charge in [0, 0.05) is 0 Å². The van der Waals surface area contributed by atoms with Crippen molar-refractivity contribution < 1.29 is 14.3 Å². The molecule has 0 bridgehead atoms. The number of carbonyl (C=O) groups excluding carboxylic acids is 2. The van der Waals surface area contributed by atoms with Gasteiger partial charge in [0.15, 0.2) is 0 Å². The molecule has 0 saturated carbocycles. The van der Waals surface area contributed by atoms with E-state index in [-0.39, 0.29) is 11.1 Å². The van der Waals surface area contributed by atoms with Crippen molar-refractivity contribution in [1.82, 2.24) is 0 Å². The van der Waals surface area contributed by atoms with Gasteiger partial charge in [0.25, 0.3) is 11.1 Å². The second-order valence-corrected chi connectivity index (χ2v) is 6.68. The van der Waals surface area contributed by atoms with Crippen molar-refractivity contribution in [1.29, 1.82) is 0 Å². The first-order chi connectivity index (χ1) is 12.0. The normalized spacial score (nSPS) is 16.4. The van der Waals surface area contributed by atoms with Crippen LogP contribution in [0.5, 0.6) is 5.75 Å². The lowest BCUT2D eigenvalue weighted by molar-refractivity contribution is -0.113. The van der Waals surface area contributed by atoms with E-state index in [1.165, 1.54) is 10.5 Å². The zero-order valence-corrected chi connectivity index (χ0v) is 15.2. The Hall–Kier alpha value is -2.53. The van der Waals surface area contributed by atoms with E-state index in [9.17, 15) is 9.59 Å². The third-order valence-electron chi connectivity index (χ3n) is 4.22. The molecule has 0 aromatic heterocycles. The number of rotatable bonds is 4. The van der Waals surface area contributed by atoms with Crippen LogP contribution in [0.25, 0.3) is 5.57 Å². The molecular weight excluding hydrogens is 334 g/mol. The van der Waals surface area contributed by atoms with Gasteiger partial charge in [0.1, 0.15) is 5.75 Å². The van der Waals surface area contributed by atoms with E-state index < -0.39 is 0 Å². The van der Waals surface area contributed by atoms with Gasteiger partial charge in [-0.3, -0.25) is 9.59 Å². The van der Waals surface area contributed by atoms with Gasteiger partial charge >= 0.3 is 0 Å². The summed E-state index contributed by atoms with van der Waals surface area (Å²) in [6.45, 7) is 3.92. The van der Waals surface area contributed by atoms with Gasteiger partial charge < -0.3 is 4.74 Å². The van der Waals surface area contributed by atoms with Crippen LogP contribution in [-0.4, -0.2) is 18.3 Å². The average molecular weight is 353 g/mol. The number of hydrogen-bond donors (Lipinski definition) is 0. The molecule has 0 radical (unpaired) electrons. The summed E-state index contributed by atoms with van der Waals surface area (Å²) in [5.74, 6) is 0.436. The number of carbonyl (C=O) groups is 2. The number of thioether (sulfide) groups is 1. The summed E-state index contributed by atoms with van der Waals surface area (Å²) in [5, 5.41) is -0.272. The highest BCUT2D eigenvalue weighted by Crippen LogP contribution is 2.39.